The summed E-state index contributed by atoms with van der Waals surface area (Å²) in [5.74, 6) is -1.31. The fourth-order valence-corrected chi connectivity index (χ4v) is 2.61. The van der Waals surface area contributed by atoms with Crippen molar-refractivity contribution in [1.82, 2.24) is 4.98 Å². The summed E-state index contributed by atoms with van der Waals surface area (Å²) in [5, 5.41) is 8.90. The van der Waals surface area contributed by atoms with E-state index in [1.807, 2.05) is 0 Å². The van der Waals surface area contributed by atoms with Crippen LogP contribution in [0.4, 0.5) is 13.2 Å². The molecule has 0 saturated carbocycles. The molecule has 0 bridgehead atoms. The van der Waals surface area contributed by atoms with Crippen LogP contribution >= 0.6 is 11.8 Å². The predicted molar refractivity (Wildman–Crippen MR) is 71.5 cm³/mol. The molecule has 0 radical (unpaired) electrons. The van der Waals surface area contributed by atoms with Crippen LogP contribution in [0.1, 0.15) is 21.6 Å². The molecule has 0 amide bonds. The van der Waals surface area contributed by atoms with Crippen LogP contribution in [0.3, 0.4) is 0 Å². The van der Waals surface area contributed by atoms with Crippen molar-refractivity contribution < 1.29 is 23.1 Å². The molecule has 1 aromatic heterocycles. The van der Waals surface area contributed by atoms with E-state index in [0.29, 0.717) is 11.0 Å². The Hall–Kier alpha value is -2.02. The third kappa shape index (κ3) is 3.55. The summed E-state index contributed by atoms with van der Waals surface area (Å²) in [4.78, 5) is 15.2. The number of aryl methyl sites for hydroxylation is 1. The van der Waals surface area contributed by atoms with Gasteiger partial charge in [-0.1, -0.05) is 30.0 Å². The zero-order valence-electron chi connectivity index (χ0n) is 10.8. The Morgan fingerprint density at radius 3 is 2.43 bits per heavy atom. The van der Waals surface area contributed by atoms with E-state index in [4.69, 9.17) is 5.11 Å². The van der Waals surface area contributed by atoms with Crippen LogP contribution < -0.4 is 0 Å². The van der Waals surface area contributed by atoms with E-state index in [1.54, 1.807) is 31.2 Å². The van der Waals surface area contributed by atoms with Gasteiger partial charge in [0.05, 0.1) is 5.56 Å². The minimum atomic E-state index is -4.61. The van der Waals surface area contributed by atoms with Crippen LogP contribution in [-0.4, -0.2) is 16.1 Å². The Morgan fingerprint density at radius 2 is 1.86 bits per heavy atom. The summed E-state index contributed by atoms with van der Waals surface area (Å²) in [6.07, 6.45) is -4.61. The van der Waals surface area contributed by atoms with Crippen LogP contribution in [0.2, 0.25) is 0 Å². The minimum absolute atomic E-state index is 0.174. The smallest absolute Gasteiger partial charge is 0.433 e. The monoisotopic (exact) mass is 313 g/mol. The summed E-state index contributed by atoms with van der Waals surface area (Å²) in [7, 11) is 0. The van der Waals surface area contributed by atoms with Crippen molar-refractivity contribution in [3.05, 3.63) is 53.2 Å². The SMILES string of the molecule is Cc1ccccc1Sc1nc(C(F)(F)F)ccc1C(=O)O. The number of carboxylic acid groups (broad SMARTS) is 1. The van der Waals surface area contributed by atoms with Crippen molar-refractivity contribution >= 4 is 17.7 Å². The molecular formula is C14H10F3NO2S. The number of aromatic carboxylic acids is 1. The predicted octanol–water partition coefficient (Wildman–Crippen LogP) is 4.26. The van der Waals surface area contributed by atoms with Crippen molar-refractivity contribution in [2.75, 3.05) is 0 Å². The molecule has 0 unspecified atom stereocenters. The Kier molecular flexibility index (Phi) is 4.22. The number of halogens is 3. The van der Waals surface area contributed by atoms with Gasteiger partial charge in [-0.15, -0.1) is 0 Å². The van der Waals surface area contributed by atoms with Gasteiger partial charge in [-0.2, -0.15) is 13.2 Å². The molecule has 0 saturated heterocycles. The molecule has 2 rings (SSSR count). The Morgan fingerprint density at radius 1 is 1.19 bits per heavy atom. The van der Waals surface area contributed by atoms with Gasteiger partial charge in [-0.25, -0.2) is 9.78 Å². The summed E-state index contributed by atoms with van der Waals surface area (Å²) >= 11 is 0.907. The Balaban J connectivity index is 2.49. The highest BCUT2D eigenvalue weighted by atomic mass is 32.2. The maximum absolute atomic E-state index is 12.7. The van der Waals surface area contributed by atoms with Gasteiger partial charge in [0.15, 0.2) is 0 Å². The van der Waals surface area contributed by atoms with Gasteiger partial charge in [-0.05, 0) is 30.7 Å². The number of pyridine rings is 1. The summed E-state index contributed by atoms with van der Waals surface area (Å²) in [6, 6.07) is 8.61. The minimum Gasteiger partial charge on any atom is -0.478 e. The summed E-state index contributed by atoms with van der Waals surface area (Å²) < 4.78 is 38.1. The van der Waals surface area contributed by atoms with Crippen LogP contribution in [0, 0.1) is 6.92 Å². The number of hydrogen-bond acceptors (Lipinski definition) is 3. The van der Waals surface area contributed by atoms with Gasteiger partial charge in [0.1, 0.15) is 10.7 Å². The van der Waals surface area contributed by atoms with Gasteiger partial charge < -0.3 is 5.11 Å². The first-order valence-electron chi connectivity index (χ1n) is 5.84. The van der Waals surface area contributed by atoms with Crippen LogP contribution in [0.15, 0.2) is 46.3 Å². The van der Waals surface area contributed by atoms with Gasteiger partial charge in [0.25, 0.3) is 0 Å². The average Bonchev–Trinajstić information content (AvgIpc) is 2.40. The maximum Gasteiger partial charge on any atom is 0.433 e. The Labute approximate surface area is 122 Å². The van der Waals surface area contributed by atoms with E-state index < -0.39 is 17.8 Å². The molecule has 1 aromatic carbocycles. The maximum atomic E-state index is 12.7. The van der Waals surface area contributed by atoms with Crippen molar-refractivity contribution in [2.24, 2.45) is 0 Å². The van der Waals surface area contributed by atoms with Gasteiger partial charge >= 0.3 is 12.1 Å². The molecule has 0 aliphatic rings. The lowest BCUT2D eigenvalue weighted by atomic mass is 10.2. The van der Waals surface area contributed by atoms with Crippen molar-refractivity contribution in [3.8, 4) is 0 Å². The molecule has 1 heterocycles. The van der Waals surface area contributed by atoms with Crippen molar-refractivity contribution in [2.45, 2.75) is 23.0 Å². The fourth-order valence-electron chi connectivity index (χ4n) is 1.61. The number of hydrogen-bond donors (Lipinski definition) is 1. The molecule has 0 spiro atoms. The lowest BCUT2D eigenvalue weighted by Crippen LogP contribution is -2.11. The number of aromatic nitrogens is 1. The lowest BCUT2D eigenvalue weighted by molar-refractivity contribution is -0.141. The van der Waals surface area contributed by atoms with Crippen molar-refractivity contribution in [1.29, 1.82) is 0 Å². The third-order valence-electron chi connectivity index (χ3n) is 2.68. The average molecular weight is 313 g/mol. The van der Waals surface area contributed by atoms with E-state index >= 15 is 0 Å². The highest BCUT2D eigenvalue weighted by molar-refractivity contribution is 7.99. The van der Waals surface area contributed by atoms with Crippen LogP contribution in [0.5, 0.6) is 0 Å². The number of nitrogens with zero attached hydrogens (tertiary/aromatic N) is 1. The molecule has 0 fully saturated rings. The quantitative estimate of drug-likeness (QED) is 0.920. The zero-order chi connectivity index (χ0) is 15.6. The first kappa shape index (κ1) is 15.4. The van der Waals surface area contributed by atoms with Gasteiger partial charge in [0, 0.05) is 4.90 Å². The highest BCUT2D eigenvalue weighted by Crippen LogP contribution is 2.34. The number of alkyl halides is 3. The normalized spacial score (nSPS) is 11.4. The number of rotatable bonds is 3. The molecular weight excluding hydrogens is 303 g/mol. The van der Waals surface area contributed by atoms with Gasteiger partial charge in [0.2, 0.25) is 0 Å². The van der Waals surface area contributed by atoms with Gasteiger partial charge in [-0.3, -0.25) is 0 Å². The topological polar surface area (TPSA) is 50.2 Å². The molecule has 3 nitrogen and oxygen atoms in total. The van der Waals surface area contributed by atoms with E-state index in [2.05, 4.69) is 4.98 Å². The zero-order valence-corrected chi connectivity index (χ0v) is 11.6. The molecule has 0 aliphatic heterocycles. The van der Waals surface area contributed by atoms with E-state index in [0.717, 1.165) is 23.4 Å². The number of carboxylic acids is 1. The standard InChI is InChI=1S/C14H10F3NO2S/c1-8-4-2-3-5-10(8)21-12-9(13(19)20)6-7-11(18-12)14(15,16)17/h2-7H,1H3,(H,19,20). The molecule has 0 atom stereocenters. The molecule has 1 N–H and O–H groups in total. The largest absolute Gasteiger partial charge is 0.478 e. The summed E-state index contributed by atoms with van der Waals surface area (Å²) in [5.41, 5.74) is -0.530. The number of carbonyl (C=O) groups is 1. The van der Waals surface area contributed by atoms with Crippen molar-refractivity contribution in [3.63, 3.8) is 0 Å². The molecule has 7 heteroatoms. The van der Waals surface area contributed by atoms with Crippen LogP contribution in [-0.2, 0) is 6.18 Å². The lowest BCUT2D eigenvalue weighted by Gasteiger charge is -2.11. The molecule has 21 heavy (non-hydrogen) atoms. The molecule has 0 aliphatic carbocycles. The first-order chi connectivity index (χ1) is 9.79. The highest BCUT2D eigenvalue weighted by Gasteiger charge is 2.33. The van der Waals surface area contributed by atoms with Crippen LogP contribution in [0.25, 0.3) is 0 Å². The summed E-state index contributed by atoms with van der Waals surface area (Å²) in [6.45, 7) is 1.79. The fraction of sp³-hybridized carbons (Fsp3) is 0.143. The second kappa shape index (κ2) is 5.77. The molecule has 2 aromatic rings. The third-order valence-corrected chi connectivity index (χ3v) is 3.86. The second-order valence-electron chi connectivity index (χ2n) is 4.22. The molecule has 110 valence electrons. The second-order valence-corrected chi connectivity index (χ2v) is 5.25. The van der Waals surface area contributed by atoms with E-state index in [9.17, 15) is 18.0 Å². The Bertz CT molecular complexity index is 686. The van der Waals surface area contributed by atoms with E-state index in [1.165, 1.54) is 0 Å². The first-order valence-corrected chi connectivity index (χ1v) is 6.65. The number of benzene rings is 1. The van der Waals surface area contributed by atoms with E-state index in [-0.39, 0.29) is 10.6 Å².